The number of amides is 1. The van der Waals surface area contributed by atoms with Gasteiger partial charge in [-0.2, -0.15) is 0 Å². The summed E-state index contributed by atoms with van der Waals surface area (Å²) in [5, 5.41) is 0. The monoisotopic (exact) mass is 345 g/mol. The Morgan fingerprint density at radius 3 is 2.54 bits per heavy atom. The van der Waals surface area contributed by atoms with Gasteiger partial charge < -0.3 is 0 Å². The van der Waals surface area contributed by atoms with E-state index < -0.39 is 0 Å². The molecule has 26 heavy (non-hydrogen) atoms. The number of para-hydroxylation sites is 1. The molecule has 1 atom stereocenters. The Labute approximate surface area is 154 Å². The predicted octanol–water partition coefficient (Wildman–Crippen LogP) is 4.83. The second-order valence-corrected chi connectivity index (χ2v) is 7.32. The standard InChI is InChI=1S/C23H23NO2/c1-15-7-5-9-17(13-15)18-14-22(26)24(19-10-4-3-8-16(19)2)20-11-6-12-21(25)23(18)20/h3-5,7-10,13,18H,6,11-12,14H2,1-2H3. The lowest BCUT2D eigenvalue weighted by atomic mass is 9.77. The molecule has 4 rings (SSSR count). The molecule has 2 aliphatic rings. The molecule has 0 aromatic heterocycles. The van der Waals surface area contributed by atoms with E-state index in [1.807, 2.05) is 61.2 Å². The summed E-state index contributed by atoms with van der Waals surface area (Å²) >= 11 is 0. The molecule has 3 nitrogen and oxygen atoms in total. The average Bonchev–Trinajstić information content (AvgIpc) is 2.62. The Balaban J connectivity index is 1.89. The van der Waals surface area contributed by atoms with Crippen LogP contribution in [0.3, 0.4) is 0 Å². The molecule has 1 heterocycles. The second kappa shape index (κ2) is 6.56. The molecular weight excluding hydrogens is 322 g/mol. The second-order valence-electron chi connectivity index (χ2n) is 7.32. The Bertz CT molecular complexity index is 925. The van der Waals surface area contributed by atoms with Crippen molar-refractivity contribution in [1.82, 2.24) is 0 Å². The summed E-state index contributed by atoms with van der Waals surface area (Å²) in [4.78, 5) is 27.8. The van der Waals surface area contributed by atoms with E-state index in [0.717, 1.165) is 46.5 Å². The number of aryl methyl sites for hydroxylation is 2. The highest BCUT2D eigenvalue weighted by molar-refractivity contribution is 6.07. The highest BCUT2D eigenvalue weighted by Crippen LogP contribution is 2.43. The van der Waals surface area contributed by atoms with E-state index >= 15 is 0 Å². The molecule has 0 fully saturated rings. The van der Waals surface area contributed by atoms with Gasteiger partial charge in [0.2, 0.25) is 5.91 Å². The van der Waals surface area contributed by atoms with E-state index in [1.54, 1.807) is 0 Å². The minimum absolute atomic E-state index is 0.0826. The molecule has 1 aliphatic heterocycles. The highest BCUT2D eigenvalue weighted by Gasteiger charge is 2.39. The summed E-state index contributed by atoms with van der Waals surface area (Å²) in [6.07, 6.45) is 2.52. The minimum Gasteiger partial charge on any atom is -0.294 e. The van der Waals surface area contributed by atoms with E-state index in [4.69, 9.17) is 0 Å². The smallest absolute Gasteiger partial charge is 0.232 e. The fraction of sp³-hybridized carbons (Fsp3) is 0.304. The van der Waals surface area contributed by atoms with Crippen LogP contribution in [0.2, 0.25) is 0 Å². The van der Waals surface area contributed by atoms with Crippen LogP contribution in [0, 0.1) is 13.8 Å². The topological polar surface area (TPSA) is 37.4 Å². The van der Waals surface area contributed by atoms with Gasteiger partial charge in [-0.25, -0.2) is 0 Å². The van der Waals surface area contributed by atoms with E-state index in [9.17, 15) is 9.59 Å². The molecule has 0 radical (unpaired) electrons. The van der Waals surface area contributed by atoms with Gasteiger partial charge >= 0.3 is 0 Å². The number of Topliss-reactive ketones (excluding diaryl/α,β-unsaturated/α-hetero) is 1. The normalized spacial score (nSPS) is 20.4. The predicted molar refractivity (Wildman–Crippen MR) is 103 cm³/mol. The van der Waals surface area contributed by atoms with Gasteiger partial charge in [-0.05, 0) is 43.9 Å². The highest BCUT2D eigenvalue weighted by atomic mass is 16.2. The first-order valence-corrected chi connectivity index (χ1v) is 9.27. The number of rotatable bonds is 2. The number of nitrogens with zero attached hydrogens (tertiary/aromatic N) is 1. The van der Waals surface area contributed by atoms with Crippen molar-refractivity contribution in [3.63, 3.8) is 0 Å². The zero-order valence-electron chi connectivity index (χ0n) is 15.3. The lowest BCUT2D eigenvalue weighted by molar-refractivity contribution is -0.119. The van der Waals surface area contributed by atoms with E-state index in [1.165, 1.54) is 0 Å². The van der Waals surface area contributed by atoms with Crippen LogP contribution < -0.4 is 4.90 Å². The Morgan fingerprint density at radius 1 is 0.962 bits per heavy atom. The first kappa shape index (κ1) is 16.8. The van der Waals surface area contributed by atoms with Gasteiger partial charge in [-0.1, -0.05) is 48.0 Å². The van der Waals surface area contributed by atoms with Crippen molar-refractivity contribution in [2.24, 2.45) is 0 Å². The third-order valence-electron chi connectivity index (χ3n) is 5.48. The Morgan fingerprint density at radius 2 is 1.77 bits per heavy atom. The summed E-state index contributed by atoms with van der Waals surface area (Å²) < 4.78 is 0. The number of hydrogen-bond acceptors (Lipinski definition) is 2. The van der Waals surface area contributed by atoms with Crippen molar-refractivity contribution in [3.05, 3.63) is 76.5 Å². The summed E-state index contributed by atoms with van der Waals surface area (Å²) in [7, 11) is 0. The van der Waals surface area contributed by atoms with Crippen LogP contribution in [0.1, 0.15) is 48.3 Å². The number of hydrogen-bond donors (Lipinski definition) is 0. The van der Waals surface area contributed by atoms with Crippen molar-refractivity contribution in [2.75, 3.05) is 4.90 Å². The number of carbonyl (C=O) groups is 2. The first-order valence-electron chi connectivity index (χ1n) is 9.27. The molecule has 3 heteroatoms. The van der Waals surface area contributed by atoms with Gasteiger partial charge in [-0.3, -0.25) is 14.5 Å². The zero-order chi connectivity index (χ0) is 18.3. The van der Waals surface area contributed by atoms with Crippen molar-refractivity contribution in [2.45, 2.75) is 45.4 Å². The van der Waals surface area contributed by atoms with Gasteiger partial charge in [0.1, 0.15) is 0 Å². The van der Waals surface area contributed by atoms with Crippen LogP contribution >= 0.6 is 0 Å². The molecule has 2 aromatic carbocycles. The summed E-state index contributed by atoms with van der Waals surface area (Å²) in [5.41, 5.74) is 5.96. The lowest BCUT2D eigenvalue weighted by Gasteiger charge is -2.39. The summed E-state index contributed by atoms with van der Waals surface area (Å²) in [6.45, 7) is 4.06. The molecule has 1 aliphatic carbocycles. The zero-order valence-corrected chi connectivity index (χ0v) is 15.3. The molecule has 1 amide bonds. The van der Waals surface area contributed by atoms with Crippen molar-refractivity contribution in [1.29, 1.82) is 0 Å². The average molecular weight is 345 g/mol. The van der Waals surface area contributed by atoms with Crippen LogP contribution in [0.5, 0.6) is 0 Å². The van der Waals surface area contributed by atoms with Crippen LogP contribution in [0.15, 0.2) is 59.8 Å². The Hall–Kier alpha value is -2.68. The quantitative estimate of drug-likeness (QED) is 0.782. The number of allylic oxidation sites excluding steroid dienone is 2. The Kier molecular flexibility index (Phi) is 4.23. The maximum absolute atomic E-state index is 13.2. The number of carbonyl (C=O) groups excluding carboxylic acids is 2. The molecule has 132 valence electrons. The number of anilines is 1. The van der Waals surface area contributed by atoms with Gasteiger partial charge in [-0.15, -0.1) is 0 Å². The van der Waals surface area contributed by atoms with Crippen LogP contribution in [0.4, 0.5) is 5.69 Å². The summed E-state index contributed by atoms with van der Waals surface area (Å²) in [5.74, 6) is 0.161. The molecule has 0 bridgehead atoms. The molecular formula is C23H23NO2. The maximum atomic E-state index is 13.2. The molecule has 2 aromatic rings. The number of benzene rings is 2. The van der Waals surface area contributed by atoms with E-state index in [-0.39, 0.29) is 17.6 Å². The summed E-state index contributed by atoms with van der Waals surface area (Å²) in [6, 6.07) is 16.1. The van der Waals surface area contributed by atoms with Crippen LogP contribution in [0.25, 0.3) is 0 Å². The first-order chi connectivity index (χ1) is 12.6. The fourth-order valence-corrected chi connectivity index (χ4v) is 4.26. The minimum atomic E-state index is -0.120. The van der Waals surface area contributed by atoms with Gasteiger partial charge in [0.25, 0.3) is 0 Å². The lowest BCUT2D eigenvalue weighted by Crippen LogP contribution is -2.40. The van der Waals surface area contributed by atoms with Crippen LogP contribution in [-0.2, 0) is 9.59 Å². The molecule has 0 saturated carbocycles. The van der Waals surface area contributed by atoms with Crippen LogP contribution in [-0.4, -0.2) is 11.7 Å². The van der Waals surface area contributed by atoms with Gasteiger partial charge in [0, 0.05) is 30.0 Å². The van der Waals surface area contributed by atoms with E-state index in [0.29, 0.717) is 12.8 Å². The van der Waals surface area contributed by atoms with Crippen molar-refractivity contribution in [3.8, 4) is 0 Å². The molecule has 0 spiro atoms. The van der Waals surface area contributed by atoms with Crippen molar-refractivity contribution >= 4 is 17.4 Å². The third-order valence-corrected chi connectivity index (χ3v) is 5.48. The largest absolute Gasteiger partial charge is 0.294 e. The van der Waals surface area contributed by atoms with Crippen molar-refractivity contribution < 1.29 is 9.59 Å². The van der Waals surface area contributed by atoms with Gasteiger partial charge in [0.15, 0.2) is 5.78 Å². The number of ketones is 1. The molecule has 0 N–H and O–H groups in total. The molecule has 0 saturated heterocycles. The SMILES string of the molecule is Cc1cccc(C2CC(=O)N(c3ccccc3C)C3=C2C(=O)CCC3)c1. The van der Waals surface area contributed by atoms with E-state index in [2.05, 4.69) is 6.07 Å². The van der Waals surface area contributed by atoms with Gasteiger partial charge in [0.05, 0.1) is 5.69 Å². The maximum Gasteiger partial charge on any atom is 0.232 e. The molecule has 1 unspecified atom stereocenters. The third kappa shape index (κ3) is 2.78. The fourth-order valence-electron chi connectivity index (χ4n) is 4.26.